The van der Waals surface area contributed by atoms with Crippen LogP contribution in [0, 0.1) is 5.92 Å². The van der Waals surface area contributed by atoms with Gasteiger partial charge in [-0.05, 0) is 18.6 Å². The topological polar surface area (TPSA) is 130 Å². The van der Waals surface area contributed by atoms with E-state index in [4.69, 9.17) is 9.47 Å². The van der Waals surface area contributed by atoms with E-state index < -0.39 is 11.9 Å². The maximum atomic E-state index is 12.4. The lowest BCUT2D eigenvalue weighted by Gasteiger charge is -2.37. The molecule has 2 fully saturated rings. The minimum Gasteiger partial charge on any atom is -0.504 e. The third kappa shape index (κ3) is 5.36. The molecule has 0 saturated carbocycles. The van der Waals surface area contributed by atoms with Crippen LogP contribution in [-0.4, -0.2) is 83.8 Å². The molecule has 2 aromatic rings. The Hall–Kier alpha value is -3.15. The number of aromatic hydroxyl groups is 1. The fourth-order valence-electron chi connectivity index (χ4n) is 4.01. The molecular weight excluding hydrogens is 416 g/mol. The zero-order chi connectivity index (χ0) is 22.3. The first kappa shape index (κ1) is 22.1. The van der Waals surface area contributed by atoms with Crippen molar-refractivity contribution in [1.82, 2.24) is 30.8 Å². The minimum absolute atomic E-state index is 0.133. The number of morpholine rings is 1. The van der Waals surface area contributed by atoms with E-state index in [0.29, 0.717) is 38.0 Å². The van der Waals surface area contributed by atoms with Gasteiger partial charge in [0.25, 0.3) is 5.91 Å². The monoisotopic (exact) mass is 444 g/mol. The molecule has 4 N–H and O–H groups in total. The largest absolute Gasteiger partial charge is 0.504 e. The number of para-hydroxylation sites is 1. The van der Waals surface area contributed by atoms with E-state index in [9.17, 15) is 14.7 Å². The molecule has 11 nitrogen and oxygen atoms in total. The molecule has 1 aromatic carbocycles. The number of amides is 3. The lowest BCUT2D eigenvalue weighted by molar-refractivity contribution is 0.00210. The molecule has 0 bridgehead atoms. The van der Waals surface area contributed by atoms with Gasteiger partial charge in [0.15, 0.2) is 11.4 Å². The molecule has 2 unspecified atom stereocenters. The molecule has 1 aromatic heterocycles. The zero-order valence-corrected chi connectivity index (χ0v) is 17.7. The van der Waals surface area contributed by atoms with Crippen molar-refractivity contribution in [3.63, 3.8) is 0 Å². The van der Waals surface area contributed by atoms with E-state index in [1.165, 1.54) is 10.9 Å². The van der Waals surface area contributed by atoms with Crippen molar-refractivity contribution in [2.24, 2.45) is 5.92 Å². The second-order valence-electron chi connectivity index (χ2n) is 7.77. The van der Waals surface area contributed by atoms with E-state index in [-0.39, 0.29) is 17.5 Å². The third-order valence-corrected chi connectivity index (χ3v) is 5.72. The summed E-state index contributed by atoms with van der Waals surface area (Å²) in [4.78, 5) is 27.0. The number of urea groups is 1. The molecule has 172 valence electrons. The predicted molar refractivity (Wildman–Crippen MR) is 114 cm³/mol. The molecule has 3 amide bonds. The highest BCUT2D eigenvalue weighted by atomic mass is 16.5. The number of carbonyl (C=O) groups is 2. The number of aromatic nitrogens is 2. The van der Waals surface area contributed by atoms with Gasteiger partial charge in [0.05, 0.1) is 31.7 Å². The van der Waals surface area contributed by atoms with Gasteiger partial charge in [-0.3, -0.25) is 15.1 Å². The zero-order valence-electron chi connectivity index (χ0n) is 17.7. The number of hydrogen-bond acceptors (Lipinski definition) is 7. The Morgan fingerprint density at radius 2 is 1.91 bits per heavy atom. The average molecular weight is 444 g/mol. The SMILES string of the molecule is O=C(NCC(C1CCOC1)N1CCOCC1)NNC(=O)c1nn(-c2ccccc2)cc1O. The first-order chi connectivity index (χ1) is 15.6. The molecule has 4 rings (SSSR count). The van der Waals surface area contributed by atoms with Crippen molar-refractivity contribution in [2.45, 2.75) is 12.5 Å². The summed E-state index contributed by atoms with van der Waals surface area (Å²) in [6.07, 6.45) is 2.28. The fraction of sp³-hybridized carbons (Fsp3) is 0.476. The minimum atomic E-state index is -0.721. The standard InChI is InChI=1S/C21H28N6O5/c28-18-13-27(16-4-2-1-3-5-16)25-19(18)20(29)23-24-21(30)22-12-17(15-6-9-32-14-15)26-7-10-31-11-8-26/h1-5,13,15,17,28H,6-12,14H2,(H,23,29)(H2,22,24,30). The lowest BCUT2D eigenvalue weighted by Crippen LogP contribution is -2.55. The first-order valence-corrected chi connectivity index (χ1v) is 10.7. The Morgan fingerprint density at radius 3 is 2.62 bits per heavy atom. The molecule has 11 heteroatoms. The highest BCUT2D eigenvalue weighted by Crippen LogP contribution is 2.22. The summed E-state index contributed by atoms with van der Waals surface area (Å²) in [5.41, 5.74) is 5.10. The van der Waals surface area contributed by atoms with Crippen molar-refractivity contribution in [3.05, 3.63) is 42.2 Å². The Bertz CT molecular complexity index is 909. The Morgan fingerprint density at radius 1 is 1.12 bits per heavy atom. The van der Waals surface area contributed by atoms with Crippen LogP contribution in [0.5, 0.6) is 5.75 Å². The normalized spacial score (nSPS) is 19.9. The van der Waals surface area contributed by atoms with Crippen LogP contribution in [-0.2, 0) is 9.47 Å². The van der Waals surface area contributed by atoms with E-state index in [1.54, 1.807) is 12.1 Å². The molecule has 0 spiro atoms. The number of nitrogens with zero attached hydrogens (tertiary/aromatic N) is 3. The fourth-order valence-corrected chi connectivity index (χ4v) is 4.01. The highest BCUT2D eigenvalue weighted by molar-refractivity contribution is 5.95. The summed E-state index contributed by atoms with van der Waals surface area (Å²) in [5.74, 6) is -0.676. The van der Waals surface area contributed by atoms with E-state index >= 15 is 0 Å². The van der Waals surface area contributed by atoms with Crippen LogP contribution in [0.3, 0.4) is 0 Å². The predicted octanol–water partition coefficient (Wildman–Crippen LogP) is 0.259. The van der Waals surface area contributed by atoms with Crippen LogP contribution in [0.2, 0.25) is 0 Å². The molecule has 2 atom stereocenters. The molecule has 32 heavy (non-hydrogen) atoms. The van der Waals surface area contributed by atoms with Gasteiger partial charge in [-0.2, -0.15) is 5.10 Å². The van der Waals surface area contributed by atoms with Gasteiger partial charge in [-0.25, -0.2) is 14.9 Å². The number of carbonyl (C=O) groups excluding carboxylic acids is 2. The third-order valence-electron chi connectivity index (χ3n) is 5.72. The van der Waals surface area contributed by atoms with Gasteiger partial charge in [0.1, 0.15) is 0 Å². The second-order valence-corrected chi connectivity index (χ2v) is 7.77. The lowest BCUT2D eigenvalue weighted by atomic mass is 9.97. The van der Waals surface area contributed by atoms with Crippen molar-refractivity contribution in [3.8, 4) is 11.4 Å². The van der Waals surface area contributed by atoms with Crippen LogP contribution in [0.15, 0.2) is 36.5 Å². The van der Waals surface area contributed by atoms with Crippen LogP contribution in [0.25, 0.3) is 5.69 Å². The van der Waals surface area contributed by atoms with Crippen molar-refractivity contribution in [1.29, 1.82) is 0 Å². The van der Waals surface area contributed by atoms with Crippen LogP contribution in [0.4, 0.5) is 4.79 Å². The number of ether oxygens (including phenoxy) is 2. The van der Waals surface area contributed by atoms with Gasteiger partial charge in [0, 0.05) is 38.2 Å². The maximum Gasteiger partial charge on any atom is 0.333 e. The van der Waals surface area contributed by atoms with E-state index in [1.807, 2.05) is 18.2 Å². The molecule has 0 aliphatic carbocycles. The average Bonchev–Trinajstić information content (AvgIpc) is 3.49. The van der Waals surface area contributed by atoms with E-state index in [0.717, 1.165) is 26.1 Å². The van der Waals surface area contributed by atoms with Crippen molar-refractivity contribution in [2.75, 3.05) is 46.1 Å². The van der Waals surface area contributed by atoms with Gasteiger partial charge in [0.2, 0.25) is 0 Å². The van der Waals surface area contributed by atoms with E-state index in [2.05, 4.69) is 26.2 Å². The van der Waals surface area contributed by atoms with Crippen LogP contribution < -0.4 is 16.2 Å². The quantitative estimate of drug-likeness (QED) is 0.470. The summed E-state index contributed by atoms with van der Waals surface area (Å²) < 4.78 is 12.4. The highest BCUT2D eigenvalue weighted by Gasteiger charge is 2.31. The van der Waals surface area contributed by atoms with Gasteiger partial charge in [-0.1, -0.05) is 18.2 Å². The Kier molecular flexibility index (Phi) is 7.20. The maximum absolute atomic E-state index is 12.4. The van der Waals surface area contributed by atoms with Crippen LogP contribution >= 0.6 is 0 Å². The van der Waals surface area contributed by atoms with Crippen molar-refractivity contribution >= 4 is 11.9 Å². The molecule has 2 aliphatic heterocycles. The molecule has 3 heterocycles. The number of rotatable bonds is 6. The number of nitrogens with one attached hydrogen (secondary N) is 3. The summed E-state index contributed by atoms with van der Waals surface area (Å²) in [6.45, 7) is 4.79. The Balaban J connectivity index is 1.29. The summed E-state index contributed by atoms with van der Waals surface area (Å²) >= 11 is 0. The van der Waals surface area contributed by atoms with Gasteiger partial charge >= 0.3 is 6.03 Å². The van der Waals surface area contributed by atoms with Gasteiger partial charge < -0.3 is 19.9 Å². The number of hydrazine groups is 1. The summed E-state index contributed by atoms with van der Waals surface area (Å²) in [7, 11) is 0. The molecule has 2 saturated heterocycles. The molecule has 0 radical (unpaired) electrons. The molecular formula is C21H28N6O5. The first-order valence-electron chi connectivity index (χ1n) is 10.7. The van der Waals surface area contributed by atoms with Crippen LogP contribution in [0.1, 0.15) is 16.9 Å². The smallest absolute Gasteiger partial charge is 0.333 e. The summed E-state index contributed by atoms with van der Waals surface area (Å²) in [5, 5.41) is 17.0. The molecule has 2 aliphatic rings. The van der Waals surface area contributed by atoms with Crippen molar-refractivity contribution < 1.29 is 24.2 Å². The second kappa shape index (κ2) is 10.4. The summed E-state index contributed by atoms with van der Waals surface area (Å²) in [6, 6.07) is 8.67. The van der Waals surface area contributed by atoms with Gasteiger partial charge in [-0.15, -0.1) is 0 Å². The Labute approximate surface area is 185 Å². The number of benzene rings is 1. The number of hydrogen-bond donors (Lipinski definition) is 4.